The first-order valence-corrected chi connectivity index (χ1v) is 7.58. The van der Waals surface area contributed by atoms with E-state index >= 15 is 0 Å². The molecule has 0 saturated carbocycles. The van der Waals surface area contributed by atoms with Crippen molar-refractivity contribution in [3.8, 4) is 0 Å². The van der Waals surface area contributed by atoms with E-state index in [0.717, 1.165) is 25.2 Å². The van der Waals surface area contributed by atoms with Crippen molar-refractivity contribution >= 4 is 0 Å². The fourth-order valence-electron chi connectivity index (χ4n) is 2.33. The molecule has 0 radical (unpaired) electrons. The van der Waals surface area contributed by atoms with Gasteiger partial charge in [0.25, 0.3) is 0 Å². The monoisotopic (exact) mass is 287 g/mol. The minimum Gasteiger partial charge on any atom is -0.339 e. The molecule has 1 atom stereocenters. The molecule has 1 heterocycles. The highest BCUT2D eigenvalue weighted by atomic mass is 16.5. The molecule has 2 aromatic rings. The van der Waals surface area contributed by atoms with Gasteiger partial charge in [-0.2, -0.15) is 4.98 Å². The number of hydrogen-bond acceptors (Lipinski definition) is 4. The number of benzene rings is 1. The van der Waals surface area contributed by atoms with Crippen molar-refractivity contribution in [2.45, 2.75) is 46.6 Å². The summed E-state index contributed by atoms with van der Waals surface area (Å²) >= 11 is 0. The molecule has 2 rings (SSSR count). The standard InChI is InChI=1S/C17H25N3O/c1-5-18-14(13-9-7-6-8-10-13)11-16-19-15(20-21-16)12-17(2,3)4/h6-10,14,18H,5,11-12H2,1-4H3. The highest BCUT2D eigenvalue weighted by Crippen LogP contribution is 2.21. The molecule has 0 aliphatic rings. The van der Waals surface area contributed by atoms with Crippen LogP contribution >= 0.6 is 0 Å². The highest BCUT2D eigenvalue weighted by Gasteiger charge is 2.19. The Labute approximate surface area is 127 Å². The minimum absolute atomic E-state index is 0.168. The second kappa shape index (κ2) is 6.85. The molecule has 0 spiro atoms. The van der Waals surface area contributed by atoms with Gasteiger partial charge in [-0.3, -0.25) is 0 Å². The third-order valence-corrected chi connectivity index (χ3v) is 3.23. The zero-order valence-corrected chi connectivity index (χ0v) is 13.4. The van der Waals surface area contributed by atoms with Crippen molar-refractivity contribution in [3.63, 3.8) is 0 Å². The Kier molecular flexibility index (Phi) is 5.12. The first-order chi connectivity index (χ1) is 9.98. The molecule has 4 heteroatoms. The van der Waals surface area contributed by atoms with Crippen LogP contribution in [-0.2, 0) is 12.8 Å². The van der Waals surface area contributed by atoms with Gasteiger partial charge < -0.3 is 9.84 Å². The van der Waals surface area contributed by atoms with Gasteiger partial charge in [0.15, 0.2) is 5.82 Å². The smallest absolute Gasteiger partial charge is 0.228 e. The molecule has 114 valence electrons. The van der Waals surface area contributed by atoms with Gasteiger partial charge in [0, 0.05) is 18.9 Å². The van der Waals surface area contributed by atoms with Crippen LogP contribution in [0.25, 0.3) is 0 Å². The molecule has 0 saturated heterocycles. The Morgan fingerprint density at radius 2 is 1.90 bits per heavy atom. The molecular weight excluding hydrogens is 262 g/mol. The molecular formula is C17H25N3O. The van der Waals surface area contributed by atoms with Crippen molar-refractivity contribution in [2.24, 2.45) is 5.41 Å². The van der Waals surface area contributed by atoms with Gasteiger partial charge >= 0.3 is 0 Å². The SMILES string of the molecule is CCNC(Cc1nc(CC(C)(C)C)no1)c1ccccc1. The number of nitrogens with zero attached hydrogens (tertiary/aromatic N) is 2. The number of likely N-dealkylation sites (N-methyl/N-ethyl adjacent to an activating group) is 1. The number of rotatable bonds is 6. The molecule has 1 unspecified atom stereocenters. The number of aromatic nitrogens is 2. The molecule has 4 nitrogen and oxygen atoms in total. The molecule has 0 bridgehead atoms. The van der Waals surface area contributed by atoms with E-state index in [1.54, 1.807) is 0 Å². The molecule has 1 aromatic heterocycles. The Bertz CT molecular complexity index is 543. The molecule has 1 N–H and O–H groups in total. The lowest BCUT2D eigenvalue weighted by Gasteiger charge is -2.16. The molecule has 0 aliphatic carbocycles. The maximum atomic E-state index is 5.41. The van der Waals surface area contributed by atoms with Crippen LogP contribution in [0.3, 0.4) is 0 Å². The third-order valence-electron chi connectivity index (χ3n) is 3.23. The predicted octanol–water partition coefficient (Wildman–Crippen LogP) is 3.55. The topological polar surface area (TPSA) is 51.0 Å². The van der Waals surface area contributed by atoms with Crippen molar-refractivity contribution in [1.82, 2.24) is 15.5 Å². The van der Waals surface area contributed by atoms with Crippen LogP contribution in [0.4, 0.5) is 0 Å². The van der Waals surface area contributed by atoms with Gasteiger partial charge in [-0.15, -0.1) is 0 Å². The Balaban J connectivity index is 2.07. The zero-order valence-electron chi connectivity index (χ0n) is 13.4. The van der Waals surface area contributed by atoms with Crippen LogP contribution in [0.1, 0.15) is 51.0 Å². The summed E-state index contributed by atoms with van der Waals surface area (Å²) in [7, 11) is 0. The van der Waals surface area contributed by atoms with E-state index in [-0.39, 0.29) is 11.5 Å². The normalized spacial score (nSPS) is 13.3. The Hall–Kier alpha value is -1.68. The average Bonchev–Trinajstić information content (AvgIpc) is 2.84. The van der Waals surface area contributed by atoms with Gasteiger partial charge in [-0.1, -0.05) is 63.2 Å². The second-order valence-electron chi connectivity index (χ2n) is 6.57. The van der Waals surface area contributed by atoms with Crippen molar-refractivity contribution in [2.75, 3.05) is 6.54 Å². The van der Waals surface area contributed by atoms with E-state index in [2.05, 4.69) is 67.4 Å². The summed E-state index contributed by atoms with van der Waals surface area (Å²) < 4.78 is 5.41. The van der Waals surface area contributed by atoms with Crippen LogP contribution < -0.4 is 5.32 Å². The summed E-state index contributed by atoms with van der Waals surface area (Å²) in [6.45, 7) is 9.54. The summed E-state index contributed by atoms with van der Waals surface area (Å²) in [6, 6.07) is 10.6. The lowest BCUT2D eigenvalue weighted by molar-refractivity contribution is 0.344. The Morgan fingerprint density at radius 3 is 2.52 bits per heavy atom. The van der Waals surface area contributed by atoms with Crippen molar-refractivity contribution in [1.29, 1.82) is 0 Å². The molecule has 0 fully saturated rings. The van der Waals surface area contributed by atoms with Crippen LogP contribution in [-0.4, -0.2) is 16.7 Å². The number of hydrogen-bond donors (Lipinski definition) is 1. The third kappa shape index (κ3) is 4.97. The van der Waals surface area contributed by atoms with Crippen LogP contribution in [0.2, 0.25) is 0 Å². The van der Waals surface area contributed by atoms with Crippen LogP contribution in [0, 0.1) is 5.41 Å². The summed E-state index contributed by atoms with van der Waals surface area (Å²) in [6.07, 6.45) is 1.54. The quantitative estimate of drug-likeness (QED) is 0.882. The fraction of sp³-hybridized carbons (Fsp3) is 0.529. The molecule has 1 aromatic carbocycles. The maximum absolute atomic E-state index is 5.41. The van der Waals surface area contributed by atoms with Crippen LogP contribution in [0.5, 0.6) is 0 Å². The van der Waals surface area contributed by atoms with Gasteiger partial charge in [0.05, 0.1) is 0 Å². The van der Waals surface area contributed by atoms with Crippen molar-refractivity contribution < 1.29 is 4.52 Å². The fourth-order valence-corrected chi connectivity index (χ4v) is 2.33. The molecule has 0 aliphatic heterocycles. The summed E-state index contributed by atoms with van der Waals surface area (Å²) in [5.41, 5.74) is 1.41. The van der Waals surface area contributed by atoms with Gasteiger partial charge in [-0.05, 0) is 17.5 Å². The van der Waals surface area contributed by atoms with Gasteiger partial charge in [0.1, 0.15) is 0 Å². The minimum atomic E-state index is 0.168. The molecule has 0 amide bonds. The summed E-state index contributed by atoms with van der Waals surface area (Å²) in [4.78, 5) is 4.53. The first kappa shape index (κ1) is 15.7. The van der Waals surface area contributed by atoms with Crippen molar-refractivity contribution in [3.05, 3.63) is 47.6 Å². The highest BCUT2D eigenvalue weighted by molar-refractivity contribution is 5.19. The second-order valence-corrected chi connectivity index (χ2v) is 6.57. The van der Waals surface area contributed by atoms with E-state index in [0.29, 0.717) is 5.89 Å². The Morgan fingerprint density at radius 1 is 1.19 bits per heavy atom. The first-order valence-electron chi connectivity index (χ1n) is 7.58. The lowest BCUT2D eigenvalue weighted by atomic mass is 9.92. The van der Waals surface area contributed by atoms with E-state index in [4.69, 9.17) is 4.52 Å². The van der Waals surface area contributed by atoms with E-state index in [1.807, 2.05) is 6.07 Å². The average molecular weight is 287 g/mol. The van der Waals surface area contributed by atoms with E-state index in [9.17, 15) is 0 Å². The largest absolute Gasteiger partial charge is 0.339 e. The maximum Gasteiger partial charge on any atom is 0.228 e. The van der Waals surface area contributed by atoms with Crippen LogP contribution in [0.15, 0.2) is 34.9 Å². The van der Waals surface area contributed by atoms with Gasteiger partial charge in [0.2, 0.25) is 5.89 Å². The summed E-state index contributed by atoms with van der Waals surface area (Å²) in [5, 5.41) is 7.57. The van der Waals surface area contributed by atoms with Gasteiger partial charge in [-0.25, -0.2) is 0 Å². The van der Waals surface area contributed by atoms with E-state index in [1.165, 1.54) is 5.56 Å². The number of nitrogens with one attached hydrogen (secondary N) is 1. The zero-order chi connectivity index (χ0) is 15.3. The molecule has 21 heavy (non-hydrogen) atoms. The predicted molar refractivity (Wildman–Crippen MR) is 84.0 cm³/mol. The van der Waals surface area contributed by atoms with E-state index < -0.39 is 0 Å². The summed E-state index contributed by atoms with van der Waals surface area (Å²) in [5.74, 6) is 1.49. The lowest BCUT2D eigenvalue weighted by Crippen LogP contribution is -2.23.